The van der Waals surface area contributed by atoms with Gasteiger partial charge < -0.3 is 19.9 Å². The van der Waals surface area contributed by atoms with Gasteiger partial charge in [0, 0.05) is 0 Å². The highest BCUT2D eigenvalue weighted by molar-refractivity contribution is 5.78. The Morgan fingerprint density at radius 3 is 2.48 bits per heavy atom. The first-order valence-electron chi connectivity index (χ1n) is 7.48. The molecule has 0 saturated carbocycles. The molecule has 122 valence electrons. The van der Waals surface area contributed by atoms with Crippen LogP contribution in [0.4, 0.5) is 0 Å². The van der Waals surface area contributed by atoms with Crippen molar-refractivity contribution >= 4 is 5.91 Å². The fourth-order valence-electron chi connectivity index (χ4n) is 2.22. The summed E-state index contributed by atoms with van der Waals surface area (Å²) >= 11 is 0. The van der Waals surface area contributed by atoms with E-state index in [1.807, 2.05) is 31.2 Å². The van der Waals surface area contributed by atoms with Crippen LogP contribution in [0.25, 0.3) is 0 Å². The van der Waals surface area contributed by atoms with Gasteiger partial charge in [0.05, 0.1) is 13.2 Å². The molecule has 5 heteroatoms. The van der Waals surface area contributed by atoms with Gasteiger partial charge in [-0.1, -0.05) is 31.2 Å². The van der Waals surface area contributed by atoms with Gasteiger partial charge in [-0.25, -0.2) is 0 Å². The molecule has 0 aliphatic carbocycles. The quantitative estimate of drug-likeness (QED) is 0.824. The highest BCUT2D eigenvalue weighted by Crippen LogP contribution is 2.24. The van der Waals surface area contributed by atoms with Crippen LogP contribution in [0.2, 0.25) is 0 Å². The van der Waals surface area contributed by atoms with Crippen molar-refractivity contribution < 1.29 is 19.4 Å². The van der Waals surface area contributed by atoms with E-state index in [1.54, 1.807) is 25.3 Å². The predicted octanol–water partition coefficient (Wildman–Crippen LogP) is 3.05. The lowest BCUT2D eigenvalue weighted by atomic mass is 10.0. The molecule has 0 aromatic heterocycles. The summed E-state index contributed by atoms with van der Waals surface area (Å²) in [6, 6.07) is 14.0. The van der Waals surface area contributed by atoms with E-state index in [9.17, 15) is 9.90 Å². The first-order valence-corrected chi connectivity index (χ1v) is 7.48. The third-order valence-electron chi connectivity index (χ3n) is 3.49. The van der Waals surface area contributed by atoms with Gasteiger partial charge in [-0.15, -0.1) is 0 Å². The van der Waals surface area contributed by atoms with Crippen molar-refractivity contribution in [1.82, 2.24) is 5.32 Å². The number of para-hydroxylation sites is 2. The van der Waals surface area contributed by atoms with Crippen LogP contribution in [0.1, 0.15) is 24.9 Å². The number of hydrogen-bond acceptors (Lipinski definition) is 4. The van der Waals surface area contributed by atoms with Gasteiger partial charge >= 0.3 is 0 Å². The monoisotopic (exact) mass is 315 g/mol. The summed E-state index contributed by atoms with van der Waals surface area (Å²) in [6.07, 6.45) is 0.759. The van der Waals surface area contributed by atoms with Gasteiger partial charge in [0.25, 0.3) is 5.91 Å². The lowest BCUT2D eigenvalue weighted by molar-refractivity contribution is -0.123. The van der Waals surface area contributed by atoms with Crippen LogP contribution in [0, 0.1) is 0 Å². The maximum absolute atomic E-state index is 12.1. The summed E-state index contributed by atoms with van der Waals surface area (Å²) in [4.78, 5) is 12.1. The van der Waals surface area contributed by atoms with Gasteiger partial charge in [0.15, 0.2) is 18.1 Å². The van der Waals surface area contributed by atoms with Crippen molar-refractivity contribution in [3.63, 3.8) is 0 Å². The van der Waals surface area contributed by atoms with Crippen molar-refractivity contribution in [3.05, 3.63) is 54.1 Å². The zero-order chi connectivity index (χ0) is 16.7. The van der Waals surface area contributed by atoms with Crippen LogP contribution in [0.5, 0.6) is 17.2 Å². The molecule has 2 aromatic rings. The van der Waals surface area contributed by atoms with Crippen molar-refractivity contribution in [1.29, 1.82) is 0 Å². The molecule has 5 nitrogen and oxygen atoms in total. The average molecular weight is 315 g/mol. The highest BCUT2D eigenvalue weighted by atomic mass is 16.5. The summed E-state index contributed by atoms with van der Waals surface area (Å²) in [5, 5.41) is 12.5. The molecular formula is C18H21NO4. The number of rotatable bonds is 7. The number of phenolic OH excluding ortho intramolecular Hbond substituents is 1. The Bertz CT molecular complexity index is 640. The molecule has 1 amide bonds. The van der Waals surface area contributed by atoms with E-state index < -0.39 is 0 Å². The zero-order valence-electron chi connectivity index (χ0n) is 13.3. The molecule has 0 aliphatic rings. The SMILES string of the molecule is CCC(NC(=O)COc1ccccc1O)c1ccc(OC)cc1. The van der Waals surface area contributed by atoms with E-state index in [1.165, 1.54) is 6.07 Å². The number of nitrogens with one attached hydrogen (secondary N) is 1. The molecule has 0 radical (unpaired) electrons. The van der Waals surface area contributed by atoms with Crippen LogP contribution in [-0.2, 0) is 4.79 Å². The normalized spacial score (nSPS) is 11.6. The molecule has 0 fully saturated rings. The minimum Gasteiger partial charge on any atom is -0.504 e. The van der Waals surface area contributed by atoms with E-state index in [-0.39, 0.29) is 24.3 Å². The standard InChI is InChI=1S/C18H21NO4/c1-3-15(13-8-10-14(22-2)11-9-13)19-18(21)12-23-17-7-5-4-6-16(17)20/h4-11,15,20H,3,12H2,1-2H3,(H,19,21). The topological polar surface area (TPSA) is 67.8 Å². The highest BCUT2D eigenvalue weighted by Gasteiger charge is 2.13. The summed E-state index contributed by atoms with van der Waals surface area (Å²) in [6.45, 7) is 1.85. The fraction of sp³-hybridized carbons (Fsp3) is 0.278. The maximum Gasteiger partial charge on any atom is 0.258 e. The number of carbonyl (C=O) groups excluding carboxylic acids is 1. The maximum atomic E-state index is 12.1. The smallest absolute Gasteiger partial charge is 0.258 e. The minimum atomic E-state index is -0.240. The number of aromatic hydroxyl groups is 1. The Kier molecular flexibility index (Phi) is 5.86. The number of amides is 1. The second-order valence-electron chi connectivity index (χ2n) is 5.06. The molecule has 0 aliphatic heterocycles. The summed E-state index contributed by atoms with van der Waals surface area (Å²) < 4.78 is 10.5. The van der Waals surface area contributed by atoms with Crippen molar-refractivity contribution in [2.24, 2.45) is 0 Å². The second kappa shape index (κ2) is 8.08. The number of ether oxygens (including phenoxy) is 2. The van der Waals surface area contributed by atoms with E-state index in [2.05, 4.69) is 5.32 Å². The van der Waals surface area contributed by atoms with Crippen molar-refractivity contribution in [2.45, 2.75) is 19.4 Å². The van der Waals surface area contributed by atoms with Crippen LogP contribution >= 0.6 is 0 Å². The van der Waals surface area contributed by atoms with E-state index in [4.69, 9.17) is 9.47 Å². The van der Waals surface area contributed by atoms with E-state index >= 15 is 0 Å². The van der Waals surface area contributed by atoms with Crippen molar-refractivity contribution in [3.8, 4) is 17.2 Å². The van der Waals surface area contributed by atoms with Crippen LogP contribution < -0.4 is 14.8 Å². The largest absolute Gasteiger partial charge is 0.504 e. The number of phenols is 1. The van der Waals surface area contributed by atoms with E-state index in [0.717, 1.165) is 17.7 Å². The van der Waals surface area contributed by atoms with Gasteiger partial charge in [0.2, 0.25) is 0 Å². The predicted molar refractivity (Wildman–Crippen MR) is 87.8 cm³/mol. The van der Waals surface area contributed by atoms with Crippen molar-refractivity contribution in [2.75, 3.05) is 13.7 Å². The molecule has 0 heterocycles. The third-order valence-corrected chi connectivity index (χ3v) is 3.49. The lowest BCUT2D eigenvalue weighted by Gasteiger charge is -2.18. The summed E-state index contributed by atoms with van der Waals surface area (Å²) in [5.41, 5.74) is 1.00. The summed E-state index contributed by atoms with van der Waals surface area (Å²) in [7, 11) is 1.62. The fourth-order valence-corrected chi connectivity index (χ4v) is 2.22. The Hall–Kier alpha value is -2.69. The molecule has 1 atom stereocenters. The molecule has 2 aromatic carbocycles. The first kappa shape index (κ1) is 16.7. The van der Waals surface area contributed by atoms with Gasteiger partial charge in [-0.05, 0) is 36.2 Å². The Balaban J connectivity index is 1.92. The minimum absolute atomic E-state index is 0.0162. The second-order valence-corrected chi connectivity index (χ2v) is 5.06. The number of hydrogen-bond donors (Lipinski definition) is 2. The van der Waals surface area contributed by atoms with Crippen LogP contribution in [0.15, 0.2) is 48.5 Å². The van der Waals surface area contributed by atoms with Gasteiger partial charge in [-0.3, -0.25) is 4.79 Å². The molecule has 0 saturated heterocycles. The average Bonchev–Trinajstić information content (AvgIpc) is 2.59. The van der Waals surface area contributed by atoms with Gasteiger partial charge in [0.1, 0.15) is 5.75 Å². The zero-order valence-corrected chi connectivity index (χ0v) is 13.3. The molecule has 0 bridgehead atoms. The Morgan fingerprint density at radius 2 is 1.87 bits per heavy atom. The van der Waals surface area contributed by atoms with Crippen LogP contribution in [-0.4, -0.2) is 24.7 Å². The number of methoxy groups -OCH3 is 1. The lowest BCUT2D eigenvalue weighted by Crippen LogP contribution is -2.32. The van der Waals surface area contributed by atoms with Gasteiger partial charge in [-0.2, -0.15) is 0 Å². The third kappa shape index (κ3) is 4.64. The molecule has 0 spiro atoms. The Labute approximate surface area is 135 Å². The first-order chi connectivity index (χ1) is 11.1. The molecule has 2 N–H and O–H groups in total. The Morgan fingerprint density at radius 1 is 1.17 bits per heavy atom. The number of benzene rings is 2. The summed E-state index contributed by atoms with van der Waals surface area (Å²) in [5.74, 6) is 0.844. The van der Waals surface area contributed by atoms with E-state index in [0.29, 0.717) is 5.75 Å². The molecule has 23 heavy (non-hydrogen) atoms. The van der Waals surface area contributed by atoms with Crippen LogP contribution in [0.3, 0.4) is 0 Å². The molecule has 1 unspecified atom stereocenters. The molecule has 2 rings (SSSR count). The molecular weight excluding hydrogens is 294 g/mol. The number of carbonyl (C=O) groups is 1.